The summed E-state index contributed by atoms with van der Waals surface area (Å²) < 4.78 is 15.4. The Morgan fingerprint density at radius 2 is 1.85 bits per heavy atom. The molecule has 140 valence electrons. The van der Waals surface area contributed by atoms with Crippen LogP contribution in [0.3, 0.4) is 0 Å². The van der Waals surface area contributed by atoms with Gasteiger partial charge in [-0.25, -0.2) is 9.97 Å². The fourth-order valence-electron chi connectivity index (χ4n) is 2.29. The number of aromatic nitrogens is 2. The number of anilines is 1. The number of hydrogen-bond donors (Lipinski definition) is 2. The summed E-state index contributed by atoms with van der Waals surface area (Å²) in [6, 6.07) is 7.27. The first-order valence-corrected chi connectivity index (χ1v) is 8.15. The first kappa shape index (κ1) is 19.5. The van der Waals surface area contributed by atoms with Crippen molar-refractivity contribution >= 4 is 11.9 Å². The van der Waals surface area contributed by atoms with Gasteiger partial charge < -0.3 is 24.8 Å². The number of benzene rings is 1. The van der Waals surface area contributed by atoms with Crippen molar-refractivity contribution in [3.05, 3.63) is 41.2 Å². The molecule has 8 heteroatoms. The quantitative estimate of drug-likeness (QED) is 0.658. The molecule has 2 aromatic rings. The topological polar surface area (TPSA) is 94.6 Å². The Balaban J connectivity index is 2.06. The van der Waals surface area contributed by atoms with Crippen molar-refractivity contribution in [1.29, 1.82) is 0 Å². The van der Waals surface area contributed by atoms with Crippen molar-refractivity contribution in [1.82, 2.24) is 15.3 Å². The number of carbonyl (C=O) groups excluding carboxylic acids is 1. The second kappa shape index (κ2) is 9.57. The average Bonchev–Trinajstić information content (AvgIpc) is 2.65. The molecule has 0 radical (unpaired) electrons. The molecule has 0 spiro atoms. The number of amides is 1. The van der Waals surface area contributed by atoms with Crippen LogP contribution < -0.4 is 20.1 Å². The van der Waals surface area contributed by atoms with Crippen molar-refractivity contribution in [2.24, 2.45) is 0 Å². The molecular weight excluding hydrogens is 336 g/mol. The molecule has 26 heavy (non-hydrogen) atoms. The minimum absolute atomic E-state index is 0.262. The maximum Gasteiger partial charge on any atom is 0.270 e. The molecule has 1 aromatic carbocycles. The Labute approximate surface area is 152 Å². The molecule has 8 nitrogen and oxygen atoms in total. The predicted molar refractivity (Wildman–Crippen MR) is 97.9 cm³/mol. The van der Waals surface area contributed by atoms with Crippen LogP contribution in [0.1, 0.15) is 21.7 Å². The average molecular weight is 360 g/mol. The van der Waals surface area contributed by atoms with Crippen LogP contribution in [-0.4, -0.2) is 50.4 Å². The predicted octanol–water partition coefficient (Wildman–Crippen LogP) is 1.79. The van der Waals surface area contributed by atoms with Crippen LogP contribution in [0, 0.1) is 6.92 Å². The van der Waals surface area contributed by atoms with Crippen molar-refractivity contribution in [2.45, 2.75) is 13.5 Å². The Kier molecular flexibility index (Phi) is 7.16. The van der Waals surface area contributed by atoms with E-state index in [0.29, 0.717) is 48.5 Å². The van der Waals surface area contributed by atoms with E-state index in [1.165, 1.54) is 0 Å². The van der Waals surface area contributed by atoms with Gasteiger partial charge in [-0.15, -0.1) is 0 Å². The lowest BCUT2D eigenvalue weighted by Gasteiger charge is -2.11. The van der Waals surface area contributed by atoms with Gasteiger partial charge in [-0.2, -0.15) is 0 Å². The number of nitrogens with one attached hydrogen (secondary N) is 2. The van der Waals surface area contributed by atoms with Crippen LogP contribution in [0.2, 0.25) is 0 Å². The number of rotatable bonds is 9. The van der Waals surface area contributed by atoms with Crippen molar-refractivity contribution < 1.29 is 19.0 Å². The maximum absolute atomic E-state index is 12.1. The summed E-state index contributed by atoms with van der Waals surface area (Å²) in [5, 5.41) is 5.87. The summed E-state index contributed by atoms with van der Waals surface area (Å²) in [6.07, 6.45) is 0. The van der Waals surface area contributed by atoms with Gasteiger partial charge in [0.2, 0.25) is 5.95 Å². The van der Waals surface area contributed by atoms with E-state index in [9.17, 15) is 4.79 Å². The van der Waals surface area contributed by atoms with Crippen molar-refractivity contribution in [2.75, 3.05) is 39.8 Å². The summed E-state index contributed by atoms with van der Waals surface area (Å²) in [6.45, 7) is 3.16. The van der Waals surface area contributed by atoms with Crippen LogP contribution >= 0.6 is 0 Å². The second-order valence-electron chi connectivity index (χ2n) is 5.51. The monoisotopic (exact) mass is 360 g/mol. The van der Waals surface area contributed by atoms with Crippen LogP contribution in [0.15, 0.2) is 24.3 Å². The molecule has 0 aliphatic carbocycles. The van der Waals surface area contributed by atoms with Crippen LogP contribution in [-0.2, 0) is 11.3 Å². The van der Waals surface area contributed by atoms with Crippen LogP contribution in [0.25, 0.3) is 0 Å². The molecule has 1 aromatic heterocycles. The summed E-state index contributed by atoms with van der Waals surface area (Å²) in [7, 11) is 4.76. The fourth-order valence-corrected chi connectivity index (χ4v) is 2.29. The Hall–Kier alpha value is -2.87. The van der Waals surface area contributed by atoms with Gasteiger partial charge >= 0.3 is 0 Å². The normalized spacial score (nSPS) is 10.3. The first-order chi connectivity index (χ1) is 12.6. The van der Waals surface area contributed by atoms with Gasteiger partial charge in [-0.05, 0) is 30.7 Å². The SMILES string of the molecule is COCCNC(=O)c1cc(C)nc(NCc2ccc(OC)c(OC)c2)n1. The third-order valence-corrected chi connectivity index (χ3v) is 3.58. The van der Waals surface area contributed by atoms with Gasteiger partial charge in [0, 0.05) is 25.9 Å². The van der Waals surface area contributed by atoms with E-state index in [-0.39, 0.29) is 5.91 Å². The fraction of sp³-hybridized carbons (Fsp3) is 0.389. The van der Waals surface area contributed by atoms with E-state index in [2.05, 4.69) is 20.6 Å². The van der Waals surface area contributed by atoms with Gasteiger partial charge in [0.25, 0.3) is 5.91 Å². The van der Waals surface area contributed by atoms with E-state index in [4.69, 9.17) is 14.2 Å². The molecule has 0 saturated carbocycles. The van der Waals surface area contributed by atoms with E-state index in [1.807, 2.05) is 25.1 Å². The van der Waals surface area contributed by atoms with E-state index in [1.54, 1.807) is 27.4 Å². The minimum Gasteiger partial charge on any atom is -0.493 e. The number of ether oxygens (including phenoxy) is 3. The highest BCUT2D eigenvalue weighted by Gasteiger charge is 2.11. The molecular formula is C18H24N4O4. The highest BCUT2D eigenvalue weighted by Crippen LogP contribution is 2.27. The zero-order valence-electron chi connectivity index (χ0n) is 15.5. The smallest absolute Gasteiger partial charge is 0.270 e. The second-order valence-corrected chi connectivity index (χ2v) is 5.51. The standard InChI is InChI=1S/C18H24N4O4/c1-12-9-14(17(23)19-7-8-24-2)22-18(21-12)20-11-13-5-6-15(25-3)16(10-13)26-4/h5-6,9-10H,7-8,11H2,1-4H3,(H,19,23)(H,20,21,22). The van der Waals surface area contributed by atoms with Crippen LogP contribution in [0.5, 0.6) is 11.5 Å². The van der Waals surface area contributed by atoms with Crippen LogP contribution in [0.4, 0.5) is 5.95 Å². The number of aryl methyl sites for hydroxylation is 1. The lowest BCUT2D eigenvalue weighted by atomic mass is 10.2. The molecule has 1 heterocycles. The van der Waals surface area contributed by atoms with E-state index >= 15 is 0 Å². The maximum atomic E-state index is 12.1. The van der Waals surface area contributed by atoms with Gasteiger partial charge in [0.1, 0.15) is 5.69 Å². The summed E-state index contributed by atoms with van der Waals surface area (Å²) in [5.74, 6) is 1.44. The number of carbonyl (C=O) groups is 1. The zero-order valence-corrected chi connectivity index (χ0v) is 15.5. The Bertz CT molecular complexity index is 752. The van der Waals surface area contributed by atoms with Gasteiger partial charge in [0.15, 0.2) is 11.5 Å². The molecule has 2 rings (SSSR count). The number of methoxy groups -OCH3 is 3. The molecule has 0 fully saturated rings. The molecule has 0 bridgehead atoms. The Morgan fingerprint density at radius 1 is 1.08 bits per heavy atom. The molecule has 0 unspecified atom stereocenters. The first-order valence-electron chi connectivity index (χ1n) is 8.15. The van der Waals surface area contributed by atoms with E-state index < -0.39 is 0 Å². The lowest BCUT2D eigenvalue weighted by Crippen LogP contribution is -2.28. The lowest BCUT2D eigenvalue weighted by molar-refractivity contribution is 0.0932. The molecule has 0 aliphatic rings. The Morgan fingerprint density at radius 3 is 2.54 bits per heavy atom. The molecule has 0 atom stereocenters. The van der Waals surface area contributed by atoms with Gasteiger partial charge in [0.05, 0.1) is 20.8 Å². The molecule has 0 aliphatic heterocycles. The molecule has 2 N–H and O–H groups in total. The number of nitrogens with zero attached hydrogens (tertiary/aromatic N) is 2. The zero-order chi connectivity index (χ0) is 18.9. The molecule has 0 saturated heterocycles. The van der Waals surface area contributed by atoms with E-state index in [0.717, 1.165) is 5.56 Å². The molecule has 1 amide bonds. The minimum atomic E-state index is -0.262. The third-order valence-electron chi connectivity index (χ3n) is 3.58. The van der Waals surface area contributed by atoms with Gasteiger partial charge in [-0.3, -0.25) is 4.79 Å². The van der Waals surface area contributed by atoms with Crippen molar-refractivity contribution in [3.63, 3.8) is 0 Å². The van der Waals surface area contributed by atoms with Crippen molar-refractivity contribution in [3.8, 4) is 11.5 Å². The highest BCUT2D eigenvalue weighted by molar-refractivity contribution is 5.92. The largest absolute Gasteiger partial charge is 0.493 e. The summed E-state index contributed by atoms with van der Waals surface area (Å²) in [4.78, 5) is 20.7. The summed E-state index contributed by atoms with van der Waals surface area (Å²) >= 11 is 0. The van der Waals surface area contributed by atoms with Gasteiger partial charge in [-0.1, -0.05) is 6.07 Å². The number of hydrogen-bond acceptors (Lipinski definition) is 7. The summed E-state index contributed by atoms with van der Waals surface area (Å²) in [5.41, 5.74) is 1.98. The third kappa shape index (κ3) is 5.32. The highest BCUT2D eigenvalue weighted by atomic mass is 16.5.